The van der Waals surface area contributed by atoms with Gasteiger partial charge in [-0.1, -0.05) is 157 Å². The zero-order valence-electron chi connectivity index (χ0n) is 35.3. The average Bonchev–Trinajstić information content (AvgIpc) is 3.13. The molecule has 9 nitrogen and oxygen atoms in total. The van der Waals surface area contributed by atoms with E-state index >= 15 is 0 Å². The number of ether oxygens (including phenoxy) is 2. The van der Waals surface area contributed by atoms with E-state index in [4.69, 9.17) is 18.5 Å². The lowest BCUT2D eigenvalue weighted by atomic mass is 10.0. The monoisotopic (exact) mass is 792 g/mol. The lowest BCUT2D eigenvalue weighted by molar-refractivity contribution is -0.870. The van der Waals surface area contributed by atoms with Gasteiger partial charge in [-0.25, -0.2) is 0 Å². The molecule has 0 spiro atoms. The van der Waals surface area contributed by atoms with Gasteiger partial charge >= 0.3 is 11.9 Å². The molecule has 0 aliphatic carbocycles. The summed E-state index contributed by atoms with van der Waals surface area (Å²) in [5, 5.41) is 0. The van der Waals surface area contributed by atoms with Crippen LogP contribution in [0, 0.1) is 0 Å². The quantitative estimate of drug-likeness (QED) is 0.0201. The smallest absolute Gasteiger partial charge is 0.306 e. The number of hydrogen-bond acceptors (Lipinski definition) is 8. The van der Waals surface area contributed by atoms with Gasteiger partial charge in [-0.05, 0) is 51.4 Å². The minimum absolute atomic E-state index is 0.0444. The number of allylic oxidation sites excluding steroid dienone is 12. The van der Waals surface area contributed by atoms with Gasteiger partial charge in [0.2, 0.25) is 0 Å². The molecule has 0 saturated heterocycles. The van der Waals surface area contributed by atoms with Crippen molar-refractivity contribution in [2.75, 3.05) is 47.5 Å². The van der Waals surface area contributed by atoms with Crippen molar-refractivity contribution in [3.63, 3.8) is 0 Å². The molecule has 0 amide bonds. The highest BCUT2D eigenvalue weighted by Gasteiger charge is 2.21. The molecule has 0 rings (SSSR count). The molecule has 0 aromatic rings. The predicted octanol–water partition coefficient (Wildman–Crippen LogP) is 11.2. The Morgan fingerprint density at radius 2 is 1.04 bits per heavy atom. The SMILES string of the molecule is CC/C=C\C/C=C\C/C=C\C/C=C\C/C=C\C/C=C\CCC(=O)OC[C@H](COP(=O)([O-])OCC[N+](C)(C)C)OC(=O)CCCCCCCCCCCCCC. The van der Waals surface area contributed by atoms with Gasteiger partial charge in [0, 0.05) is 12.8 Å². The molecule has 0 aromatic heterocycles. The molecule has 316 valence electrons. The Morgan fingerprint density at radius 1 is 0.582 bits per heavy atom. The van der Waals surface area contributed by atoms with Gasteiger partial charge in [-0.2, -0.15) is 0 Å². The molecule has 55 heavy (non-hydrogen) atoms. The summed E-state index contributed by atoms with van der Waals surface area (Å²) < 4.78 is 33.7. The largest absolute Gasteiger partial charge is 0.756 e. The van der Waals surface area contributed by atoms with Crippen molar-refractivity contribution >= 4 is 19.8 Å². The first kappa shape index (κ1) is 52.5. The van der Waals surface area contributed by atoms with E-state index in [0.29, 0.717) is 23.9 Å². The zero-order chi connectivity index (χ0) is 40.7. The highest BCUT2D eigenvalue weighted by molar-refractivity contribution is 7.45. The van der Waals surface area contributed by atoms with Crippen molar-refractivity contribution in [1.29, 1.82) is 0 Å². The maximum atomic E-state index is 12.6. The van der Waals surface area contributed by atoms with Crippen LogP contribution in [0.25, 0.3) is 0 Å². The molecule has 2 atom stereocenters. The summed E-state index contributed by atoms with van der Waals surface area (Å²) in [6.45, 7) is 4.00. The molecule has 0 heterocycles. The normalized spacial score (nSPS) is 14.4. The maximum Gasteiger partial charge on any atom is 0.306 e. The number of hydrogen-bond donors (Lipinski definition) is 0. The van der Waals surface area contributed by atoms with E-state index in [1.807, 2.05) is 33.3 Å². The highest BCUT2D eigenvalue weighted by atomic mass is 31.2. The number of rotatable bonds is 37. The maximum absolute atomic E-state index is 12.6. The number of nitrogens with zero attached hydrogens (tertiary/aromatic N) is 1. The summed E-state index contributed by atoms with van der Waals surface area (Å²) in [7, 11) is 1.12. The first-order valence-corrected chi connectivity index (χ1v) is 22.6. The summed E-state index contributed by atoms with van der Waals surface area (Å²) in [5.41, 5.74) is 0. The topological polar surface area (TPSA) is 111 Å². The third kappa shape index (κ3) is 40.9. The second kappa shape index (κ2) is 37.1. The fourth-order valence-electron chi connectivity index (χ4n) is 5.21. The fourth-order valence-corrected chi connectivity index (χ4v) is 5.94. The van der Waals surface area contributed by atoms with Crippen LogP contribution in [0.5, 0.6) is 0 Å². The highest BCUT2D eigenvalue weighted by Crippen LogP contribution is 2.38. The molecule has 0 aliphatic rings. The molecule has 0 aliphatic heterocycles. The Labute approximate surface area is 336 Å². The van der Waals surface area contributed by atoms with E-state index in [-0.39, 0.29) is 26.1 Å². The van der Waals surface area contributed by atoms with Crippen molar-refractivity contribution in [1.82, 2.24) is 0 Å². The Hall–Kier alpha value is -2.55. The van der Waals surface area contributed by atoms with Crippen molar-refractivity contribution in [3.8, 4) is 0 Å². The van der Waals surface area contributed by atoms with Gasteiger partial charge in [-0.15, -0.1) is 0 Å². The molecule has 0 aromatic carbocycles. The van der Waals surface area contributed by atoms with Gasteiger partial charge in [-0.3, -0.25) is 14.2 Å². The number of quaternary nitrogens is 1. The number of carbonyl (C=O) groups is 2. The molecule has 1 unspecified atom stereocenters. The standard InChI is InChI=1S/C45H78NO8P/c1-6-8-10-12-14-16-18-20-21-22-23-24-25-26-28-29-31-33-35-37-44(47)51-41-43(42-53-55(49,50)52-40-39-46(3,4)5)54-45(48)38-36-34-32-30-27-19-17-15-13-11-9-7-2/h8,10,14,16,20-21,23-24,26,28,31,33,43H,6-7,9,11-13,15,17-19,22,25,27,29-30,32,34-42H2,1-5H3/b10-8-,16-14-,21-20-,24-23-,28-26-,33-31-/t43-/m1/s1. The second-order valence-corrected chi connectivity index (χ2v) is 16.4. The van der Waals surface area contributed by atoms with Crippen molar-refractivity contribution in [2.45, 2.75) is 155 Å². The second-order valence-electron chi connectivity index (χ2n) is 15.0. The van der Waals surface area contributed by atoms with Crippen molar-refractivity contribution in [3.05, 3.63) is 72.9 Å². The number of phosphoric ester groups is 1. The first-order valence-electron chi connectivity index (χ1n) is 21.1. The number of carbonyl (C=O) groups excluding carboxylic acids is 2. The minimum atomic E-state index is -4.64. The van der Waals surface area contributed by atoms with E-state index in [9.17, 15) is 19.0 Å². The number of unbranched alkanes of at least 4 members (excludes halogenated alkanes) is 11. The molecular weight excluding hydrogens is 713 g/mol. The molecule has 0 bridgehead atoms. The van der Waals surface area contributed by atoms with Gasteiger partial charge in [0.15, 0.2) is 6.10 Å². The van der Waals surface area contributed by atoms with Crippen LogP contribution in [0.3, 0.4) is 0 Å². The van der Waals surface area contributed by atoms with E-state index in [1.165, 1.54) is 51.4 Å². The zero-order valence-corrected chi connectivity index (χ0v) is 36.2. The molecular formula is C45H78NO8P. The van der Waals surface area contributed by atoms with E-state index in [0.717, 1.165) is 57.8 Å². The summed E-state index contributed by atoms with van der Waals surface area (Å²) >= 11 is 0. The van der Waals surface area contributed by atoms with Crippen LogP contribution in [-0.4, -0.2) is 70.0 Å². The van der Waals surface area contributed by atoms with Crippen molar-refractivity contribution < 1.29 is 42.1 Å². The predicted molar refractivity (Wildman–Crippen MR) is 226 cm³/mol. The first-order chi connectivity index (χ1) is 26.5. The average molecular weight is 792 g/mol. The Kier molecular flexibility index (Phi) is 35.3. The lowest BCUT2D eigenvalue weighted by Gasteiger charge is -2.28. The summed E-state index contributed by atoms with van der Waals surface area (Å²) in [6.07, 6.45) is 45.1. The summed E-state index contributed by atoms with van der Waals surface area (Å²) in [6, 6.07) is 0. The van der Waals surface area contributed by atoms with Crippen LogP contribution in [0.2, 0.25) is 0 Å². The third-order valence-electron chi connectivity index (χ3n) is 8.50. The van der Waals surface area contributed by atoms with Crippen LogP contribution in [-0.2, 0) is 32.7 Å². The molecule has 0 saturated carbocycles. The number of likely N-dealkylation sites (N-methyl/N-ethyl adjacent to an activating group) is 1. The summed E-state index contributed by atoms with van der Waals surface area (Å²) in [5.74, 6) is -0.938. The number of esters is 2. The van der Waals surface area contributed by atoms with Gasteiger partial charge in [0.1, 0.15) is 19.8 Å². The molecule has 0 fully saturated rings. The third-order valence-corrected chi connectivity index (χ3v) is 9.47. The van der Waals surface area contributed by atoms with Crippen LogP contribution in [0.1, 0.15) is 149 Å². The Bertz CT molecular complexity index is 1170. The van der Waals surface area contributed by atoms with Gasteiger partial charge in [0.05, 0.1) is 27.7 Å². The van der Waals surface area contributed by atoms with Gasteiger partial charge < -0.3 is 27.9 Å². The molecule has 10 heteroatoms. The van der Waals surface area contributed by atoms with Crippen LogP contribution in [0.4, 0.5) is 0 Å². The van der Waals surface area contributed by atoms with Crippen LogP contribution in [0.15, 0.2) is 72.9 Å². The van der Waals surface area contributed by atoms with E-state index < -0.39 is 32.5 Å². The van der Waals surface area contributed by atoms with E-state index in [1.54, 1.807) is 0 Å². The summed E-state index contributed by atoms with van der Waals surface area (Å²) in [4.78, 5) is 37.4. The number of phosphoric acid groups is 1. The van der Waals surface area contributed by atoms with E-state index in [2.05, 4.69) is 74.6 Å². The minimum Gasteiger partial charge on any atom is -0.756 e. The van der Waals surface area contributed by atoms with Crippen LogP contribution >= 0.6 is 7.82 Å². The lowest BCUT2D eigenvalue weighted by Crippen LogP contribution is -2.37. The Morgan fingerprint density at radius 3 is 1.51 bits per heavy atom. The molecule has 0 radical (unpaired) electrons. The van der Waals surface area contributed by atoms with Crippen LogP contribution < -0.4 is 4.89 Å². The fraction of sp³-hybridized carbons (Fsp3) is 0.689. The van der Waals surface area contributed by atoms with Crippen molar-refractivity contribution in [2.24, 2.45) is 0 Å². The van der Waals surface area contributed by atoms with Gasteiger partial charge in [0.25, 0.3) is 7.82 Å². The molecule has 0 N–H and O–H groups in total. The Balaban J connectivity index is 4.50.